The number of aliphatic carboxylic acids is 1. The number of carbonyl (C=O) groups is 1. The van der Waals surface area contributed by atoms with Gasteiger partial charge < -0.3 is 5.11 Å². The summed E-state index contributed by atoms with van der Waals surface area (Å²) in [6, 6.07) is 8.69. The van der Waals surface area contributed by atoms with E-state index >= 15 is 0 Å². The van der Waals surface area contributed by atoms with Crippen LogP contribution in [0.5, 0.6) is 0 Å². The number of benzene rings is 1. The highest BCUT2D eigenvalue weighted by atomic mass is 16.4. The molecule has 0 aliphatic rings. The minimum absolute atomic E-state index is 0.188. The average molecular weight is 248 g/mol. The van der Waals surface area contributed by atoms with Gasteiger partial charge >= 0.3 is 5.97 Å². The molecular weight excluding hydrogens is 224 g/mol. The van der Waals surface area contributed by atoms with Gasteiger partial charge in [0.15, 0.2) is 0 Å². The molecule has 0 aliphatic carbocycles. The molecule has 0 radical (unpaired) electrons. The molecule has 1 rings (SSSR count). The van der Waals surface area contributed by atoms with Crippen LogP contribution in [0.1, 0.15) is 51.7 Å². The second kappa shape index (κ2) is 6.03. The van der Waals surface area contributed by atoms with E-state index in [1.165, 1.54) is 11.1 Å². The number of rotatable bonds is 5. The summed E-state index contributed by atoms with van der Waals surface area (Å²) in [5.41, 5.74) is 2.82. The fourth-order valence-electron chi connectivity index (χ4n) is 2.02. The van der Waals surface area contributed by atoms with Crippen LogP contribution in [0.15, 0.2) is 24.3 Å². The molecule has 1 unspecified atom stereocenters. The Balaban J connectivity index is 2.56. The van der Waals surface area contributed by atoms with Gasteiger partial charge in [0, 0.05) is 6.42 Å². The molecule has 1 aromatic carbocycles. The summed E-state index contributed by atoms with van der Waals surface area (Å²) in [6.07, 6.45) is 1.97. The van der Waals surface area contributed by atoms with Crippen molar-refractivity contribution < 1.29 is 9.90 Å². The average Bonchev–Trinajstić information content (AvgIpc) is 2.26. The first kappa shape index (κ1) is 14.7. The topological polar surface area (TPSA) is 37.3 Å². The Labute approximate surface area is 110 Å². The Kier molecular flexibility index (Phi) is 4.94. The Morgan fingerprint density at radius 2 is 1.78 bits per heavy atom. The number of hydrogen-bond acceptors (Lipinski definition) is 1. The third kappa shape index (κ3) is 4.91. The second-order valence-electron chi connectivity index (χ2n) is 6.19. The Morgan fingerprint density at radius 1 is 1.22 bits per heavy atom. The van der Waals surface area contributed by atoms with Gasteiger partial charge in [-0.1, -0.05) is 52.0 Å². The third-order valence-corrected chi connectivity index (χ3v) is 3.26. The lowest BCUT2D eigenvalue weighted by Gasteiger charge is -2.19. The van der Waals surface area contributed by atoms with Crippen molar-refractivity contribution in [3.8, 4) is 0 Å². The second-order valence-corrected chi connectivity index (χ2v) is 6.19. The summed E-state index contributed by atoms with van der Waals surface area (Å²) >= 11 is 0. The predicted molar refractivity (Wildman–Crippen MR) is 74.9 cm³/mol. The monoisotopic (exact) mass is 248 g/mol. The minimum atomic E-state index is -0.704. The van der Waals surface area contributed by atoms with Crippen LogP contribution in [-0.4, -0.2) is 11.1 Å². The fraction of sp³-hybridized carbons (Fsp3) is 0.562. The van der Waals surface area contributed by atoms with E-state index in [1.807, 2.05) is 0 Å². The van der Waals surface area contributed by atoms with Crippen molar-refractivity contribution in [3.05, 3.63) is 35.4 Å². The van der Waals surface area contributed by atoms with Gasteiger partial charge in [0.05, 0.1) is 0 Å². The van der Waals surface area contributed by atoms with Gasteiger partial charge in [-0.2, -0.15) is 0 Å². The molecule has 0 spiro atoms. The summed E-state index contributed by atoms with van der Waals surface area (Å²) in [6.45, 7) is 8.73. The van der Waals surface area contributed by atoms with Gasteiger partial charge in [0.25, 0.3) is 0 Å². The van der Waals surface area contributed by atoms with Gasteiger partial charge in [0.1, 0.15) is 0 Å². The van der Waals surface area contributed by atoms with Gasteiger partial charge in [-0.3, -0.25) is 4.79 Å². The van der Waals surface area contributed by atoms with Gasteiger partial charge in [0.2, 0.25) is 0 Å². The molecule has 0 amide bonds. The molecule has 0 fully saturated rings. The quantitative estimate of drug-likeness (QED) is 0.854. The van der Waals surface area contributed by atoms with Crippen molar-refractivity contribution in [2.75, 3.05) is 0 Å². The summed E-state index contributed by atoms with van der Waals surface area (Å²) in [7, 11) is 0. The van der Waals surface area contributed by atoms with Crippen LogP contribution in [0, 0.1) is 5.92 Å². The molecule has 1 N–H and O–H groups in total. The highest BCUT2D eigenvalue weighted by Crippen LogP contribution is 2.23. The summed E-state index contributed by atoms with van der Waals surface area (Å²) < 4.78 is 0. The van der Waals surface area contributed by atoms with Crippen LogP contribution in [0.4, 0.5) is 0 Å². The molecule has 0 heterocycles. The first-order valence-electron chi connectivity index (χ1n) is 6.60. The largest absolute Gasteiger partial charge is 0.481 e. The van der Waals surface area contributed by atoms with E-state index in [2.05, 4.69) is 52.0 Å². The van der Waals surface area contributed by atoms with Gasteiger partial charge in [-0.15, -0.1) is 0 Å². The van der Waals surface area contributed by atoms with Crippen molar-refractivity contribution in [2.24, 2.45) is 5.92 Å². The lowest BCUT2D eigenvalue weighted by Crippen LogP contribution is -2.11. The van der Waals surface area contributed by atoms with E-state index in [-0.39, 0.29) is 11.8 Å². The molecular formula is C16H24O2. The molecule has 0 aliphatic heterocycles. The summed E-state index contributed by atoms with van der Waals surface area (Å²) in [4.78, 5) is 10.5. The van der Waals surface area contributed by atoms with Gasteiger partial charge in [-0.05, 0) is 35.3 Å². The maximum Gasteiger partial charge on any atom is 0.303 e. The first-order chi connectivity index (χ1) is 8.29. The first-order valence-corrected chi connectivity index (χ1v) is 6.60. The zero-order chi connectivity index (χ0) is 13.8. The van der Waals surface area contributed by atoms with E-state index in [0.29, 0.717) is 5.92 Å². The van der Waals surface area contributed by atoms with E-state index in [0.717, 1.165) is 12.8 Å². The molecule has 0 bridgehead atoms. The van der Waals surface area contributed by atoms with Crippen LogP contribution >= 0.6 is 0 Å². The van der Waals surface area contributed by atoms with Crippen molar-refractivity contribution in [3.63, 3.8) is 0 Å². The van der Waals surface area contributed by atoms with Crippen LogP contribution in [-0.2, 0) is 16.6 Å². The summed E-state index contributed by atoms with van der Waals surface area (Å²) in [5, 5.41) is 8.65. The van der Waals surface area contributed by atoms with Crippen molar-refractivity contribution in [1.29, 1.82) is 0 Å². The predicted octanol–water partition coefficient (Wildman–Crippen LogP) is 4.03. The smallest absolute Gasteiger partial charge is 0.303 e. The fourth-order valence-corrected chi connectivity index (χ4v) is 2.02. The number of carboxylic acid groups (broad SMARTS) is 1. The lowest BCUT2D eigenvalue weighted by molar-refractivity contribution is -0.137. The molecule has 18 heavy (non-hydrogen) atoms. The van der Waals surface area contributed by atoms with E-state index < -0.39 is 5.97 Å². The lowest BCUT2D eigenvalue weighted by atomic mass is 9.86. The Bertz CT molecular complexity index is 385. The molecule has 2 nitrogen and oxygen atoms in total. The third-order valence-electron chi connectivity index (χ3n) is 3.26. The number of carboxylic acids is 1. The molecule has 0 saturated carbocycles. The van der Waals surface area contributed by atoms with E-state index in [4.69, 9.17) is 5.11 Å². The Hall–Kier alpha value is -1.31. The normalized spacial score (nSPS) is 13.3. The number of hydrogen-bond donors (Lipinski definition) is 1. The molecule has 1 aromatic rings. The molecule has 100 valence electrons. The van der Waals surface area contributed by atoms with E-state index in [9.17, 15) is 4.79 Å². The van der Waals surface area contributed by atoms with Crippen molar-refractivity contribution >= 4 is 5.97 Å². The molecule has 0 aromatic heterocycles. The van der Waals surface area contributed by atoms with Crippen molar-refractivity contribution in [2.45, 2.75) is 52.4 Å². The maximum absolute atomic E-state index is 10.5. The standard InChI is InChI=1S/C16H24O2/c1-12(5-10-15(17)18)11-13-6-8-14(9-7-13)16(2,3)4/h6-9,12H,5,10-11H2,1-4H3,(H,17,18). The Morgan fingerprint density at radius 3 is 2.22 bits per heavy atom. The molecule has 1 atom stereocenters. The SMILES string of the molecule is CC(CCC(=O)O)Cc1ccc(C(C)(C)C)cc1. The highest BCUT2D eigenvalue weighted by Gasteiger charge is 2.13. The minimum Gasteiger partial charge on any atom is -0.481 e. The van der Waals surface area contributed by atoms with Gasteiger partial charge in [-0.25, -0.2) is 0 Å². The van der Waals surface area contributed by atoms with Crippen LogP contribution < -0.4 is 0 Å². The van der Waals surface area contributed by atoms with Crippen LogP contribution in [0.3, 0.4) is 0 Å². The summed E-state index contributed by atoms with van der Waals surface area (Å²) in [5.74, 6) is -0.286. The van der Waals surface area contributed by atoms with Crippen LogP contribution in [0.25, 0.3) is 0 Å². The van der Waals surface area contributed by atoms with E-state index in [1.54, 1.807) is 0 Å². The van der Waals surface area contributed by atoms with Crippen molar-refractivity contribution in [1.82, 2.24) is 0 Å². The highest BCUT2D eigenvalue weighted by molar-refractivity contribution is 5.66. The maximum atomic E-state index is 10.5. The molecule has 2 heteroatoms. The zero-order valence-corrected chi connectivity index (χ0v) is 11.9. The van der Waals surface area contributed by atoms with Crippen LogP contribution in [0.2, 0.25) is 0 Å². The zero-order valence-electron chi connectivity index (χ0n) is 11.9. The molecule has 0 saturated heterocycles.